The smallest absolute Gasteiger partial charge is 0.0801 e. The van der Waals surface area contributed by atoms with Crippen LogP contribution in [-0.4, -0.2) is 4.98 Å². The van der Waals surface area contributed by atoms with Crippen LogP contribution < -0.4 is 5.73 Å². The summed E-state index contributed by atoms with van der Waals surface area (Å²) >= 11 is 1.70. The van der Waals surface area contributed by atoms with E-state index in [0.717, 1.165) is 5.69 Å². The van der Waals surface area contributed by atoms with Gasteiger partial charge in [0.15, 0.2) is 0 Å². The molecule has 0 saturated carbocycles. The fraction of sp³-hybridized carbons (Fsp3) is 0.100. The van der Waals surface area contributed by atoms with E-state index < -0.39 is 0 Å². The maximum Gasteiger partial charge on any atom is 0.0801 e. The number of hydrogen-bond acceptors (Lipinski definition) is 3. The molecule has 0 aliphatic carbocycles. The van der Waals surface area contributed by atoms with Crippen molar-refractivity contribution in [2.24, 2.45) is 5.73 Å². The van der Waals surface area contributed by atoms with Crippen LogP contribution in [0.5, 0.6) is 0 Å². The minimum Gasteiger partial charge on any atom is -0.326 e. The third-order valence-corrected chi connectivity index (χ3v) is 2.91. The average molecular weight is 300 g/mol. The van der Waals surface area contributed by atoms with Crippen molar-refractivity contribution in [2.45, 2.75) is 6.54 Å². The highest BCUT2D eigenvalue weighted by atomic mass is 35.5. The number of rotatable bonds is 2. The van der Waals surface area contributed by atoms with Crippen LogP contribution in [0.3, 0.4) is 0 Å². The third kappa shape index (κ3) is 4.28. The van der Waals surface area contributed by atoms with E-state index >= 15 is 0 Å². The van der Waals surface area contributed by atoms with Gasteiger partial charge in [-0.3, -0.25) is 4.98 Å². The highest BCUT2D eigenvalue weighted by molar-refractivity contribution is 7.15. The molecule has 0 aliphatic heterocycles. The van der Waals surface area contributed by atoms with Crippen molar-refractivity contribution in [1.29, 1.82) is 0 Å². The Bertz CT molecular complexity index is 392. The van der Waals surface area contributed by atoms with Crippen molar-refractivity contribution in [2.75, 3.05) is 0 Å². The third-order valence-electron chi connectivity index (χ3n) is 1.78. The zero-order valence-corrected chi connectivity index (χ0v) is 11.6. The summed E-state index contributed by atoms with van der Waals surface area (Å²) < 4.78 is 0. The Morgan fingerprint density at radius 3 is 2.31 bits per heavy atom. The first-order valence-electron chi connectivity index (χ1n) is 4.10. The van der Waals surface area contributed by atoms with Gasteiger partial charge in [-0.1, -0.05) is 6.07 Å². The highest BCUT2D eigenvalue weighted by Crippen LogP contribution is 2.25. The van der Waals surface area contributed by atoms with Crippen molar-refractivity contribution in [3.63, 3.8) is 0 Å². The number of halogens is 3. The number of pyridine rings is 1. The summed E-state index contributed by atoms with van der Waals surface area (Å²) in [5.41, 5.74) is 6.55. The maximum absolute atomic E-state index is 5.53. The molecule has 0 aliphatic rings. The first kappa shape index (κ1) is 18.1. The second-order valence-electron chi connectivity index (χ2n) is 2.69. The molecule has 0 bridgehead atoms. The molecule has 0 radical (unpaired) electrons. The molecule has 2 aromatic heterocycles. The molecule has 0 spiro atoms. The number of nitrogens with zero attached hydrogens (tertiary/aromatic N) is 1. The predicted octanol–water partition coefficient (Wildman–Crippen LogP) is 3.53. The highest BCUT2D eigenvalue weighted by Gasteiger charge is 2.01. The molecular weight excluding hydrogens is 287 g/mol. The minimum absolute atomic E-state index is 0. The van der Waals surface area contributed by atoms with Gasteiger partial charge in [0.2, 0.25) is 0 Å². The van der Waals surface area contributed by atoms with Gasteiger partial charge < -0.3 is 5.73 Å². The summed E-state index contributed by atoms with van der Waals surface area (Å²) in [5.74, 6) is 0. The molecule has 6 heteroatoms. The summed E-state index contributed by atoms with van der Waals surface area (Å²) in [4.78, 5) is 6.64. The van der Waals surface area contributed by atoms with Crippen LogP contribution in [0.2, 0.25) is 0 Å². The molecule has 2 N–H and O–H groups in total. The molecule has 0 unspecified atom stereocenters. The Hall–Kier alpha value is -0.320. The molecule has 2 nitrogen and oxygen atoms in total. The lowest BCUT2D eigenvalue weighted by molar-refractivity contribution is 1.11. The molecule has 2 heterocycles. The molecule has 90 valence electrons. The summed E-state index contributed by atoms with van der Waals surface area (Å²) in [5, 5.41) is 0. The van der Waals surface area contributed by atoms with E-state index in [-0.39, 0.29) is 37.2 Å². The second kappa shape index (κ2) is 8.79. The van der Waals surface area contributed by atoms with E-state index in [0.29, 0.717) is 6.54 Å². The summed E-state index contributed by atoms with van der Waals surface area (Å²) in [6.07, 6.45) is 1.80. The topological polar surface area (TPSA) is 38.9 Å². The second-order valence-corrected chi connectivity index (χ2v) is 3.85. The Balaban J connectivity index is 0. The van der Waals surface area contributed by atoms with Gasteiger partial charge in [-0.2, -0.15) is 0 Å². The van der Waals surface area contributed by atoms with Gasteiger partial charge in [0.25, 0.3) is 0 Å². The van der Waals surface area contributed by atoms with Gasteiger partial charge in [-0.25, -0.2) is 0 Å². The van der Waals surface area contributed by atoms with Crippen molar-refractivity contribution in [1.82, 2.24) is 4.98 Å². The maximum atomic E-state index is 5.53. The van der Waals surface area contributed by atoms with Crippen LogP contribution in [0.1, 0.15) is 4.88 Å². The van der Waals surface area contributed by atoms with Crippen LogP contribution in [0.15, 0.2) is 36.5 Å². The van der Waals surface area contributed by atoms with Crippen molar-refractivity contribution in [3.05, 3.63) is 41.4 Å². The zero-order chi connectivity index (χ0) is 9.10. The van der Waals surface area contributed by atoms with E-state index in [2.05, 4.69) is 17.1 Å². The Morgan fingerprint density at radius 2 is 1.81 bits per heavy atom. The summed E-state index contributed by atoms with van der Waals surface area (Å²) in [6.45, 7) is 0.609. The number of aromatic nitrogens is 1. The minimum atomic E-state index is 0. The van der Waals surface area contributed by atoms with Gasteiger partial charge in [0.1, 0.15) is 0 Å². The summed E-state index contributed by atoms with van der Waals surface area (Å²) in [6, 6.07) is 10.0. The molecule has 0 aromatic carbocycles. The molecular formula is C10H13Cl3N2S. The van der Waals surface area contributed by atoms with Gasteiger partial charge in [0.05, 0.1) is 10.6 Å². The van der Waals surface area contributed by atoms with Gasteiger partial charge >= 0.3 is 0 Å². The van der Waals surface area contributed by atoms with E-state index in [1.165, 1.54) is 9.75 Å². The van der Waals surface area contributed by atoms with E-state index in [1.807, 2.05) is 18.2 Å². The lowest BCUT2D eigenvalue weighted by Crippen LogP contribution is -1.91. The van der Waals surface area contributed by atoms with E-state index in [9.17, 15) is 0 Å². The van der Waals surface area contributed by atoms with Crippen LogP contribution in [-0.2, 0) is 6.54 Å². The van der Waals surface area contributed by atoms with Crippen LogP contribution >= 0.6 is 48.6 Å². The molecule has 0 fully saturated rings. The molecule has 2 aromatic rings. The number of nitrogens with two attached hydrogens (primary N) is 1. The first-order chi connectivity index (χ1) is 6.40. The fourth-order valence-corrected chi connectivity index (χ4v) is 2.00. The zero-order valence-electron chi connectivity index (χ0n) is 8.33. The van der Waals surface area contributed by atoms with E-state index in [1.54, 1.807) is 17.5 Å². The van der Waals surface area contributed by atoms with Crippen molar-refractivity contribution < 1.29 is 0 Å². The molecule has 2 rings (SSSR count). The lowest BCUT2D eigenvalue weighted by Gasteiger charge is -1.93. The Kier molecular flexibility index (Phi) is 9.92. The quantitative estimate of drug-likeness (QED) is 0.921. The van der Waals surface area contributed by atoms with Crippen molar-refractivity contribution in [3.8, 4) is 10.6 Å². The standard InChI is InChI=1S/C10H10N2S.3ClH/c11-7-8-4-5-10(13-8)9-3-1-2-6-12-9;;;/h1-6H,7,11H2;3*1H. The monoisotopic (exact) mass is 298 g/mol. The number of thiophene rings is 1. The van der Waals surface area contributed by atoms with E-state index in [4.69, 9.17) is 5.73 Å². The Labute approximate surface area is 118 Å². The number of hydrogen-bond donors (Lipinski definition) is 1. The average Bonchev–Trinajstić information content (AvgIpc) is 2.67. The SMILES string of the molecule is Cl.Cl.Cl.NCc1ccc(-c2ccccn2)s1. The lowest BCUT2D eigenvalue weighted by atomic mass is 10.3. The van der Waals surface area contributed by atoms with Crippen molar-refractivity contribution >= 4 is 48.6 Å². The molecule has 0 atom stereocenters. The van der Waals surface area contributed by atoms with Gasteiger partial charge in [-0.05, 0) is 24.3 Å². The molecule has 0 amide bonds. The van der Waals surface area contributed by atoms with Crippen LogP contribution in [0, 0.1) is 0 Å². The molecule has 16 heavy (non-hydrogen) atoms. The molecule has 0 saturated heterocycles. The normalized spacial score (nSPS) is 8.31. The summed E-state index contributed by atoms with van der Waals surface area (Å²) in [7, 11) is 0. The van der Waals surface area contributed by atoms with Gasteiger partial charge in [-0.15, -0.1) is 48.6 Å². The fourth-order valence-electron chi connectivity index (χ4n) is 1.13. The Morgan fingerprint density at radius 1 is 1.06 bits per heavy atom. The van der Waals surface area contributed by atoms with Crippen LogP contribution in [0.4, 0.5) is 0 Å². The largest absolute Gasteiger partial charge is 0.326 e. The van der Waals surface area contributed by atoms with Crippen LogP contribution in [0.25, 0.3) is 10.6 Å². The first-order valence-corrected chi connectivity index (χ1v) is 4.92. The van der Waals surface area contributed by atoms with Gasteiger partial charge in [0, 0.05) is 17.6 Å². The predicted molar refractivity (Wildman–Crippen MR) is 77.2 cm³/mol.